The number of aliphatic carboxylic acids is 1. The van der Waals surface area contributed by atoms with E-state index in [1.807, 2.05) is 6.92 Å². The van der Waals surface area contributed by atoms with Crippen molar-refractivity contribution in [3.05, 3.63) is 10.4 Å². The molecule has 0 amide bonds. The maximum absolute atomic E-state index is 10.3. The molecule has 0 rings (SSSR count). The molecule has 0 saturated heterocycles. The van der Waals surface area contributed by atoms with E-state index in [1.54, 1.807) is 0 Å². The van der Waals surface area contributed by atoms with Crippen LogP contribution in [0.25, 0.3) is 10.4 Å². The smallest absolute Gasteiger partial charge is 0.312 e. The highest BCUT2D eigenvalue weighted by Crippen LogP contribution is 2.04. The third-order valence-electron chi connectivity index (χ3n) is 1.31. The van der Waals surface area contributed by atoms with Gasteiger partial charge in [0.1, 0.15) is 6.04 Å². The second kappa shape index (κ2) is 5.56. The number of rotatable bonds is 5. The van der Waals surface area contributed by atoms with Gasteiger partial charge in [-0.2, -0.15) is 0 Å². The molecule has 0 heterocycles. The summed E-state index contributed by atoms with van der Waals surface area (Å²) in [6.45, 7) is 1.95. The minimum absolute atomic E-state index is 0.426. The molecular weight excluding hydrogens is 146 g/mol. The Morgan fingerprint density at radius 3 is 2.82 bits per heavy atom. The molecule has 0 aliphatic rings. The van der Waals surface area contributed by atoms with Crippen LogP contribution in [0.5, 0.6) is 0 Å². The van der Waals surface area contributed by atoms with Gasteiger partial charge in [0, 0.05) is 4.91 Å². The second-order valence-electron chi connectivity index (χ2n) is 2.20. The van der Waals surface area contributed by atoms with Gasteiger partial charge in [-0.1, -0.05) is 24.9 Å². The van der Waals surface area contributed by atoms with Crippen LogP contribution in [-0.4, -0.2) is 17.1 Å². The van der Waals surface area contributed by atoms with Gasteiger partial charge in [-0.15, -0.1) is 0 Å². The molecule has 5 nitrogen and oxygen atoms in total. The molecule has 1 N–H and O–H groups in total. The van der Waals surface area contributed by atoms with Crippen LogP contribution >= 0.6 is 0 Å². The zero-order valence-corrected chi connectivity index (χ0v) is 6.40. The maximum Gasteiger partial charge on any atom is 0.312 e. The Hall–Kier alpha value is -1.22. The molecule has 0 saturated carbocycles. The van der Waals surface area contributed by atoms with Crippen LogP contribution in [0.4, 0.5) is 0 Å². The highest BCUT2D eigenvalue weighted by Gasteiger charge is 2.13. The lowest BCUT2D eigenvalue weighted by molar-refractivity contribution is -0.138. The van der Waals surface area contributed by atoms with E-state index in [4.69, 9.17) is 10.6 Å². The summed E-state index contributed by atoms with van der Waals surface area (Å²) >= 11 is 0. The van der Waals surface area contributed by atoms with E-state index < -0.39 is 12.0 Å². The van der Waals surface area contributed by atoms with Gasteiger partial charge >= 0.3 is 5.97 Å². The van der Waals surface area contributed by atoms with Crippen LogP contribution in [-0.2, 0) is 4.79 Å². The third-order valence-corrected chi connectivity index (χ3v) is 1.31. The van der Waals surface area contributed by atoms with Crippen molar-refractivity contribution in [1.82, 2.24) is 0 Å². The molecule has 62 valence electrons. The summed E-state index contributed by atoms with van der Waals surface area (Å²) in [7, 11) is 0. The molecule has 11 heavy (non-hydrogen) atoms. The fraction of sp³-hybridized carbons (Fsp3) is 0.833. The van der Waals surface area contributed by atoms with Gasteiger partial charge in [0.05, 0.1) is 0 Å². The molecule has 0 bridgehead atoms. The summed E-state index contributed by atoms with van der Waals surface area (Å²) in [6.07, 6.45) is 2.11. The van der Waals surface area contributed by atoms with Gasteiger partial charge in [-0.3, -0.25) is 4.79 Å². The molecule has 0 spiro atoms. The first-order valence-electron chi connectivity index (χ1n) is 3.49. The summed E-state index contributed by atoms with van der Waals surface area (Å²) in [4.78, 5) is 12.8. The minimum Gasteiger partial charge on any atom is -0.481 e. The molecule has 0 aliphatic heterocycles. The summed E-state index contributed by atoms with van der Waals surface area (Å²) < 4.78 is 0. The van der Waals surface area contributed by atoms with Gasteiger partial charge in [0.25, 0.3) is 0 Å². The number of unbranched alkanes of at least 4 members (excludes halogenated alkanes) is 1. The van der Waals surface area contributed by atoms with Crippen LogP contribution in [0.15, 0.2) is 5.11 Å². The van der Waals surface area contributed by atoms with Gasteiger partial charge in [0.15, 0.2) is 0 Å². The first-order valence-corrected chi connectivity index (χ1v) is 3.49. The Kier molecular flexibility index (Phi) is 4.94. The average molecular weight is 157 g/mol. The van der Waals surface area contributed by atoms with E-state index >= 15 is 0 Å². The van der Waals surface area contributed by atoms with E-state index in [0.29, 0.717) is 6.42 Å². The lowest BCUT2D eigenvalue weighted by Gasteiger charge is -2.02. The zero-order chi connectivity index (χ0) is 8.69. The van der Waals surface area contributed by atoms with Crippen molar-refractivity contribution >= 4 is 5.97 Å². The van der Waals surface area contributed by atoms with Crippen molar-refractivity contribution in [2.24, 2.45) is 5.11 Å². The Labute approximate surface area is 64.7 Å². The first-order chi connectivity index (χ1) is 5.22. The number of hydrogen-bond donors (Lipinski definition) is 1. The van der Waals surface area contributed by atoms with Crippen molar-refractivity contribution in [3.8, 4) is 0 Å². The van der Waals surface area contributed by atoms with E-state index in [1.165, 1.54) is 0 Å². The fourth-order valence-electron chi connectivity index (χ4n) is 0.690. The second-order valence-corrected chi connectivity index (χ2v) is 2.20. The Bertz CT molecular complexity index is 173. The predicted molar refractivity (Wildman–Crippen MR) is 40.1 cm³/mol. The normalized spacial score (nSPS) is 11.7. The third kappa shape index (κ3) is 4.22. The molecule has 0 aromatic rings. The number of azide groups is 1. The standard InChI is InChI=1S/C6H11N3O2/c1-2-3-4-5(6(10)11)8-9-7/h5H,2-4H2,1H3,(H,10,11)/t5-/m1/s1. The van der Waals surface area contributed by atoms with Crippen LogP contribution in [0.1, 0.15) is 26.2 Å². The summed E-state index contributed by atoms with van der Waals surface area (Å²) in [5.41, 5.74) is 7.98. The van der Waals surface area contributed by atoms with E-state index in [-0.39, 0.29) is 0 Å². The van der Waals surface area contributed by atoms with Crippen molar-refractivity contribution in [2.75, 3.05) is 0 Å². The quantitative estimate of drug-likeness (QED) is 0.375. The van der Waals surface area contributed by atoms with Gasteiger partial charge < -0.3 is 5.11 Å². The van der Waals surface area contributed by atoms with Crippen LogP contribution in [0.3, 0.4) is 0 Å². The molecule has 1 atom stereocenters. The molecule has 0 aromatic heterocycles. The van der Waals surface area contributed by atoms with Crippen molar-refractivity contribution in [2.45, 2.75) is 32.2 Å². The van der Waals surface area contributed by atoms with E-state index in [0.717, 1.165) is 12.8 Å². The number of nitrogens with zero attached hydrogens (tertiary/aromatic N) is 3. The lowest BCUT2D eigenvalue weighted by Crippen LogP contribution is -2.16. The molecule has 0 fully saturated rings. The summed E-state index contributed by atoms with van der Waals surface area (Å²) in [5, 5.41) is 11.6. The van der Waals surface area contributed by atoms with Crippen molar-refractivity contribution < 1.29 is 9.90 Å². The molecule has 0 radical (unpaired) electrons. The maximum atomic E-state index is 10.3. The Morgan fingerprint density at radius 2 is 2.45 bits per heavy atom. The van der Waals surface area contributed by atoms with Crippen molar-refractivity contribution in [1.29, 1.82) is 0 Å². The minimum atomic E-state index is -1.05. The number of hydrogen-bond acceptors (Lipinski definition) is 2. The molecule has 5 heteroatoms. The van der Waals surface area contributed by atoms with Gasteiger partial charge in [-0.05, 0) is 12.0 Å². The highest BCUT2D eigenvalue weighted by atomic mass is 16.4. The van der Waals surface area contributed by atoms with Crippen LogP contribution in [0.2, 0.25) is 0 Å². The van der Waals surface area contributed by atoms with Gasteiger partial charge in [-0.25, -0.2) is 0 Å². The zero-order valence-electron chi connectivity index (χ0n) is 6.40. The first kappa shape index (κ1) is 9.78. The summed E-state index contributed by atoms with van der Waals surface area (Å²) in [5.74, 6) is -1.05. The fourth-order valence-corrected chi connectivity index (χ4v) is 0.690. The van der Waals surface area contributed by atoms with Crippen LogP contribution < -0.4 is 0 Å². The largest absolute Gasteiger partial charge is 0.481 e. The monoisotopic (exact) mass is 157 g/mol. The topological polar surface area (TPSA) is 86.1 Å². The lowest BCUT2D eigenvalue weighted by atomic mass is 10.1. The van der Waals surface area contributed by atoms with E-state index in [9.17, 15) is 4.79 Å². The number of carbonyl (C=O) groups is 1. The Balaban J connectivity index is 3.89. The highest BCUT2D eigenvalue weighted by molar-refractivity contribution is 5.73. The average Bonchev–Trinajstić information content (AvgIpc) is 1.97. The molecular formula is C6H11N3O2. The predicted octanol–water partition coefficient (Wildman–Crippen LogP) is 1.94. The number of carboxylic acids is 1. The SMILES string of the molecule is CCCC[C@@H](N=[N+]=[N-])C(=O)O. The van der Waals surface area contributed by atoms with Gasteiger partial charge in [0.2, 0.25) is 0 Å². The Morgan fingerprint density at radius 1 is 1.82 bits per heavy atom. The van der Waals surface area contributed by atoms with E-state index in [2.05, 4.69) is 10.0 Å². The van der Waals surface area contributed by atoms with Crippen molar-refractivity contribution in [3.63, 3.8) is 0 Å². The molecule has 0 aromatic carbocycles. The number of carboxylic acid groups (broad SMARTS) is 1. The molecule has 0 aliphatic carbocycles. The summed E-state index contributed by atoms with van der Waals surface area (Å²) in [6, 6.07) is -0.889. The van der Waals surface area contributed by atoms with Crippen LogP contribution in [0, 0.1) is 0 Å². The molecule has 0 unspecified atom stereocenters.